The lowest BCUT2D eigenvalue weighted by atomic mass is 9.48. The molecule has 0 saturated heterocycles. The summed E-state index contributed by atoms with van der Waals surface area (Å²) in [6.07, 6.45) is 9.94. The maximum atomic E-state index is 9.67. The molecule has 0 spiro atoms. The molecule has 0 aliphatic heterocycles. The third kappa shape index (κ3) is 5.28. The second kappa shape index (κ2) is 11.0. The van der Waals surface area contributed by atoms with E-state index in [2.05, 4.69) is 32.0 Å². The SMILES string of the molecule is COc1ccccc1CNc1ncc(C#N)c(NC[C@@]23CC4C[C@H](C2)[C@@H](NCCCCO)[C@@H](C4)C3)n1. The lowest BCUT2D eigenvalue weighted by Gasteiger charge is -2.60. The second-order valence-corrected chi connectivity index (χ2v) is 11.0. The number of para-hydroxylation sites is 1. The van der Waals surface area contributed by atoms with Crippen molar-refractivity contribution in [3.8, 4) is 11.8 Å². The standard InChI is InChI=1S/C28H38N6O2/c1-36-24-7-3-2-6-20(24)16-31-27-32-17-23(15-29)26(34-27)33-18-28-12-19-10-21(13-28)25(22(11-19)14-28)30-8-4-5-9-35/h2-3,6-7,17,19,21-22,25,30,35H,4-5,8-14,16,18H2,1H3,(H2,31,32,33,34)/t19?,21-,22+,25-,28+. The fourth-order valence-corrected chi connectivity index (χ4v) is 7.23. The first-order valence-corrected chi connectivity index (χ1v) is 13.3. The van der Waals surface area contributed by atoms with Crippen LogP contribution < -0.4 is 20.7 Å². The fourth-order valence-electron chi connectivity index (χ4n) is 7.23. The summed E-state index contributed by atoms with van der Waals surface area (Å²) in [4.78, 5) is 9.03. The predicted octanol–water partition coefficient (Wildman–Crippen LogP) is 3.94. The first-order chi connectivity index (χ1) is 17.6. The van der Waals surface area contributed by atoms with Crippen molar-refractivity contribution in [3.05, 3.63) is 41.6 Å². The van der Waals surface area contributed by atoms with E-state index in [0.29, 0.717) is 29.9 Å². The van der Waals surface area contributed by atoms with E-state index >= 15 is 0 Å². The van der Waals surface area contributed by atoms with E-state index in [1.54, 1.807) is 13.3 Å². The van der Waals surface area contributed by atoms with E-state index in [1.165, 1.54) is 32.1 Å². The minimum atomic E-state index is 0.279. The van der Waals surface area contributed by atoms with Crippen molar-refractivity contribution in [2.45, 2.75) is 57.5 Å². The minimum absolute atomic E-state index is 0.279. The number of anilines is 2. The molecule has 4 fully saturated rings. The Hall–Kier alpha value is -2.89. The van der Waals surface area contributed by atoms with Gasteiger partial charge < -0.3 is 25.8 Å². The Bertz CT molecular complexity index is 1070. The smallest absolute Gasteiger partial charge is 0.224 e. The summed E-state index contributed by atoms with van der Waals surface area (Å²) in [7, 11) is 1.67. The van der Waals surface area contributed by atoms with E-state index in [9.17, 15) is 5.26 Å². The van der Waals surface area contributed by atoms with Gasteiger partial charge in [-0.15, -0.1) is 0 Å². The largest absolute Gasteiger partial charge is 0.496 e. The third-order valence-corrected chi connectivity index (χ3v) is 8.53. The molecule has 1 unspecified atom stereocenters. The van der Waals surface area contributed by atoms with Gasteiger partial charge in [-0.2, -0.15) is 10.2 Å². The summed E-state index contributed by atoms with van der Waals surface area (Å²) >= 11 is 0. The number of benzene rings is 1. The van der Waals surface area contributed by atoms with Crippen molar-refractivity contribution < 1.29 is 9.84 Å². The summed E-state index contributed by atoms with van der Waals surface area (Å²) < 4.78 is 5.44. The monoisotopic (exact) mass is 490 g/mol. The van der Waals surface area contributed by atoms with Crippen molar-refractivity contribution in [3.63, 3.8) is 0 Å². The molecule has 1 aromatic carbocycles. The maximum absolute atomic E-state index is 9.67. The summed E-state index contributed by atoms with van der Waals surface area (Å²) in [5.41, 5.74) is 1.78. The molecule has 2 aromatic rings. The van der Waals surface area contributed by atoms with Gasteiger partial charge in [0, 0.05) is 31.3 Å². The van der Waals surface area contributed by atoms with Crippen LogP contribution in [0.25, 0.3) is 0 Å². The molecular formula is C28H38N6O2. The van der Waals surface area contributed by atoms with Gasteiger partial charge >= 0.3 is 0 Å². The van der Waals surface area contributed by atoms with Gasteiger partial charge in [0.25, 0.3) is 0 Å². The van der Waals surface area contributed by atoms with Crippen LogP contribution in [-0.4, -0.2) is 47.9 Å². The Labute approximate surface area is 213 Å². The molecule has 4 saturated carbocycles. The number of nitrogens with one attached hydrogen (secondary N) is 3. The van der Waals surface area contributed by atoms with Crippen LogP contribution in [0.4, 0.5) is 11.8 Å². The highest BCUT2D eigenvalue weighted by atomic mass is 16.5. The Morgan fingerprint density at radius 2 is 1.94 bits per heavy atom. The second-order valence-electron chi connectivity index (χ2n) is 11.0. The molecule has 36 heavy (non-hydrogen) atoms. The number of aromatic nitrogens is 2. The van der Waals surface area contributed by atoms with E-state index in [-0.39, 0.29) is 12.0 Å². The number of unbranched alkanes of at least 4 members (excludes halogenated alkanes) is 1. The fraction of sp³-hybridized carbons (Fsp3) is 0.607. The Morgan fingerprint density at radius 3 is 2.69 bits per heavy atom. The Morgan fingerprint density at radius 1 is 1.14 bits per heavy atom. The Kier molecular flexibility index (Phi) is 7.59. The minimum Gasteiger partial charge on any atom is -0.496 e. The number of aliphatic hydroxyl groups is 1. The third-order valence-electron chi connectivity index (χ3n) is 8.53. The number of nitriles is 1. The van der Waals surface area contributed by atoms with Crippen molar-refractivity contribution in [1.82, 2.24) is 15.3 Å². The van der Waals surface area contributed by atoms with E-state index < -0.39 is 0 Å². The molecule has 4 N–H and O–H groups in total. The van der Waals surface area contributed by atoms with Gasteiger partial charge in [-0.25, -0.2) is 4.98 Å². The first-order valence-electron chi connectivity index (χ1n) is 13.3. The average Bonchev–Trinajstić information content (AvgIpc) is 2.90. The van der Waals surface area contributed by atoms with Crippen LogP contribution in [0.15, 0.2) is 30.5 Å². The molecule has 0 radical (unpaired) electrons. The number of hydrogen-bond donors (Lipinski definition) is 4. The van der Waals surface area contributed by atoms with Crippen molar-refractivity contribution in [1.29, 1.82) is 5.26 Å². The zero-order chi connectivity index (χ0) is 25.0. The molecular weight excluding hydrogens is 452 g/mol. The number of hydrogen-bond acceptors (Lipinski definition) is 8. The van der Waals surface area contributed by atoms with Gasteiger partial charge in [-0.05, 0) is 80.7 Å². The topological polar surface area (TPSA) is 115 Å². The van der Waals surface area contributed by atoms with Crippen LogP contribution in [0.1, 0.15) is 56.1 Å². The number of methoxy groups -OCH3 is 1. The maximum Gasteiger partial charge on any atom is 0.224 e. The summed E-state index contributed by atoms with van der Waals surface area (Å²) in [6, 6.07) is 10.7. The molecule has 6 rings (SSSR count). The molecule has 4 bridgehead atoms. The van der Waals surface area contributed by atoms with Crippen molar-refractivity contribution >= 4 is 11.8 Å². The Balaban J connectivity index is 1.23. The number of ether oxygens (including phenoxy) is 1. The lowest BCUT2D eigenvalue weighted by molar-refractivity contribution is -0.0692. The highest BCUT2D eigenvalue weighted by molar-refractivity contribution is 5.53. The first kappa shape index (κ1) is 24.8. The molecule has 4 aliphatic rings. The van der Waals surface area contributed by atoms with Crippen LogP contribution in [-0.2, 0) is 6.54 Å². The van der Waals surface area contributed by atoms with Crippen LogP contribution in [0.2, 0.25) is 0 Å². The van der Waals surface area contributed by atoms with E-state index in [1.807, 2.05) is 24.3 Å². The normalized spacial score (nSPS) is 28.0. The van der Waals surface area contributed by atoms with Crippen LogP contribution in [0.3, 0.4) is 0 Å². The van der Waals surface area contributed by atoms with E-state index in [0.717, 1.165) is 55.0 Å². The number of aliphatic hydroxyl groups excluding tert-OH is 1. The zero-order valence-electron chi connectivity index (χ0n) is 21.2. The summed E-state index contributed by atoms with van der Waals surface area (Å²) in [5, 5.41) is 29.4. The zero-order valence-corrected chi connectivity index (χ0v) is 21.2. The molecule has 192 valence electrons. The molecule has 8 nitrogen and oxygen atoms in total. The van der Waals surface area contributed by atoms with Gasteiger partial charge in [-0.1, -0.05) is 18.2 Å². The lowest BCUT2D eigenvalue weighted by Crippen LogP contribution is -2.59. The average molecular weight is 491 g/mol. The highest BCUT2D eigenvalue weighted by Crippen LogP contribution is 2.60. The number of rotatable bonds is 12. The predicted molar refractivity (Wildman–Crippen MR) is 140 cm³/mol. The molecule has 0 amide bonds. The molecule has 8 heteroatoms. The van der Waals surface area contributed by atoms with Gasteiger partial charge in [0.05, 0.1) is 13.3 Å². The van der Waals surface area contributed by atoms with Crippen molar-refractivity contribution in [2.24, 2.45) is 23.2 Å². The van der Waals surface area contributed by atoms with Gasteiger partial charge in [0.1, 0.15) is 23.2 Å². The summed E-state index contributed by atoms with van der Waals surface area (Å²) in [6.45, 7) is 2.68. The number of nitrogens with zero attached hydrogens (tertiary/aromatic N) is 3. The van der Waals surface area contributed by atoms with Crippen LogP contribution >= 0.6 is 0 Å². The molecule has 1 aromatic heterocycles. The van der Waals surface area contributed by atoms with Gasteiger partial charge in [0.2, 0.25) is 5.95 Å². The van der Waals surface area contributed by atoms with Crippen LogP contribution in [0, 0.1) is 34.5 Å². The van der Waals surface area contributed by atoms with Gasteiger partial charge in [0.15, 0.2) is 0 Å². The molecule has 5 atom stereocenters. The van der Waals surface area contributed by atoms with Crippen molar-refractivity contribution in [2.75, 3.05) is 37.4 Å². The quantitative estimate of drug-likeness (QED) is 0.331. The van der Waals surface area contributed by atoms with E-state index in [4.69, 9.17) is 9.84 Å². The highest BCUT2D eigenvalue weighted by Gasteiger charge is 2.54. The molecule has 1 heterocycles. The van der Waals surface area contributed by atoms with Crippen LogP contribution in [0.5, 0.6) is 5.75 Å². The van der Waals surface area contributed by atoms with Gasteiger partial charge in [-0.3, -0.25) is 0 Å². The summed E-state index contributed by atoms with van der Waals surface area (Å²) in [5.74, 6) is 4.21. The molecule has 4 aliphatic carbocycles.